The van der Waals surface area contributed by atoms with Crippen LogP contribution in [0.25, 0.3) is 0 Å². The molecular formula is C15H14ClN3O2. The average molecular weight is 304 g/mol. The fraction of sp³-hybridized carbons (Fsp3) is 0.267. The summed E-state index contributed by atoms with van der Waals surface area (Å²) in [5, 5.41) is 4.80. The zero-order valence-corrected chi connectivity index (χ0v) is 12.5. The number of hydrogen-bond donors (Lipinski definition) is 0. The largest absolute Gasteiger partial charge is 0.299 e. The molecule has 0 saturated heterocycles. The second-order valence-electron chi connectivity index (χ2n) is 5.24. The predicted molar refractivity (Wildman–Crippen MR) is 79.6 cm³/mol. The normalized spacial score (nSPS) is 14.2. The van der Waals surface area contributed by atoms with Gasteiger partial charge in [0.05, 0.1) is 28.5 Å². The number of amides is 1. The summed E-state index contributed by atoms with van der Waals surface area (Å²) in [6.45, 7) is 4.28. The maximum Gasteiger partial charge on any atom is 0.299 e. The van der Waals surface area contributed by atoms with Gasteiger partial charge in [-0.15, -0.1) is 0 Å². The molecule has 2 heterocycles. The van der Waals surface area contributed by atoms with Crippen LogP contribution in [0.4, 0.5) is 5.69 Å². The number of nitrogens with zero attached hydrogens (tertiary/aromatic N) is 3. The highest BCUT2D eigenvalue weighted by atomic mass is 35.5. The summed E-state index contributed by atoms with van der Waals surface area (Å²) in [6, 6.07) is 7.04. The van der Waals surface area contributed by atoms with Gasteiger partial charge in [0.2, 0.25) is 0 Å². The number of aromatic nitrogens is 2. The maximum atomic E-state index is 12.1. The first-order chi connectivity index (χ1) is 9.99. The minimum Gasteiger partial charge on any atom is -0.297 e. The van der Waals surface area contributed by atoms with Crippen LogP contribution in [0.2, 0.25) is 5.02 Å². The lowest BCUT2D eigenvalue weighted by atomic mass is 10.1. The van der Waals surface area contributed by atoms with Gasteiger partial charge in [0.25, 0.3) is 11.7 Å². The van der Waals surface area contributed by atoms with Gasteiger partial charge in [-0.05, 0) is 32.0 Å². The van der Waals surface area contributed by atoms with Gasteiger partial charge in [-0.25, -0.2) is 0 Å². The first-order valence-corrected chi connectivity index (χ1v) is 7.05. The van der Waals surface area contributed by atoms with E-state index in [-0.39, 0.29) is 12.6 Å². The standard InChI is InChI=1S/C15H14ClN3O2/c1-9(2)19-7-6-10(17-19)8-18-13-11(14(20)15(18)21)4-3-5-12(13)16/h3-7,9H,8H2,1-2H3. The molecule has 0 atom stereocenters. The molecule has 0 aliphatic carbocycles. The Bertz CT molecular complexity index is 736. The first-order valence-electron chi connectivity index (χ1n) is 6.67. The molecule has 0 fully saturated rings. The van der Waals surface area contributed by atoms with Gasteiger partial charge < -0.3 is 0 Å². The van der Waals surface area contributed by atoms with Gasteiger partial charge in [-0.3, -0.25) is 19.2 Å². The van der Waals surface area contributed by atoms with E-state index >= 15 is 0 Å². The second kappa shape index (κ2) is 5.00. The molecule has 1 aromatic heterocycles. The molecule has 3 rings (SSSR count). The number of benzene rings is 1. The molecule has 0 saturated carbocycles. The number of Topliss-reactive ketones (excluding diaryl/α,β-unsaturated/α-hetero) is 1. The van der Waals surface area contributed by atoms with E-state index in [9.17, 15) is 9.59 Å². The molecule has 6 heteroatoms. The molecule has 0 bridgehead atoms. The molecule has 1 aliphatic heterocycles. The molecule has 0 N–H and O–H groups in total. The van der Waals surface area contributed by atoms with Crippen molar-refractivity contribution in [3.8, 4) is 0 Å². The van der Waals surface area contributed by atoms with Crippen LogP contribution in [0.3, 0.4) is 0 Å². The smallest absolute Gasteiger partial charge is 0.297 e. The SMILES string of the molecule is CC(C)n1ccc(CN2C(=O)C(=O)c3cccc(Cl)c32)n1. The number of carbonyl (C=O) groups is 2. The van der Waals surface area contributed by atoms with Crippen molar-refractivity contribution in [1.29, 1.82) is 0 Å². The lowest BCUT2D eigenvalue weighted by Crippen LogP contribution is -2.29. The third kappa shape index (κ3) is 2.23. The Morgan fingerprint density at radius 3 is 2.67 bits per heavy atom. The van der Waals surface area contributed by atoms with Crippen LogP contribution < -0.4 is 4.90 Å². The number of anilines is 1. The molecule has 2 aromatic rings. The number of ketones is 1. The molecule has 0 radical (unpaired) electrons. The van der Waals surface area contributed by atoms with Crippen LogP contribution in [0.5, 0.6) is 0 Å². The molecule has 108 valence electrons. The zero-order valence-electron chi connectivity index (χ0n) is 11.7. The van der Waals surface area contributed by atoms with Crippen LogP contribution in [0, 0.1) is 0 Å². The summed E-state index contributed by atoms with van der Waals surface area (Å²) in [4.78, 5) is 25.5. The van der Waals surface area contributed by atoms with E-state index in [1.807, 2.05) is 30.8 Å². The summed E-state index contributed by atoms with van der Waals surface area (Å²) in [5.41, 5.74) is 1.56. The topological polar surface area (TPSA) is 55.2 Å². The van der Waals surface area contributed by atoms with E-state index in [1.165, 1.54) is 4.90 Å². The summed E-state index contributed by atoms with van der Waals surface area (Å²) in [5.74, 6) is -1.08. The highest BCUT2D eigenvalue weighted by Crippen LogP contribution is 2.36. The number of fused-ring (bicyclic) bond motifs is 1. The zero-order chi connectivity index (χ0) is 15.1. The van der Waals surface area contributed by atoms with Crippen molar-refractivity contribution in [2.45, 2.75) is 26.4 Å². The summed E-state index contributed by atoms with van der Waals surface area (Å²) < 4.78 is 1.81. The third-order valence-corrected chi connectivity index (χ3v) is 3.76. The number of hydrogen-bond acceptors (Lipinski definition) is 3. The highest BCUT2D eigenvalue weighted by molar-refractivity contribution is 6.54. The van der Waals surface area contributed by atoms with E-state index in [1.54, 1.807) is 18.2 Å². The minimum absolute atomic E-state index is 0.237. The number of rotatable bonds is 3. The summed E-state index contributed by atoms with van der Waals surface area (Å²) >= 11 is 6.15. The third-order valence-electron chi connectivity index (χ3n) is 3.45. The lowest BCUT2D eigenvalue weighted by molar-refractivity contribution is -0.114. The van der Waals surface area contributed by atoms with Crippen LogP contribution in [0.1, 0.15) is 35.9 Å². The maximum absolute atomic E-state index is 12.1. The van der Waals surface area contributed by atoms with E-state index in [0.29, 0.717) is 16.3 Å². The Morgan fingerprint density at radius 2 is 2.00 bits per heavy atom. The summed E-state index contributed by atoms with van der Waals surface area (Å²) in [7, 11) is 0. The van der Waals surface area contributed by atoms with Crippen LogP contribution >= 0.6 is 11.6 Å². The Labute approximate surface area is 127 Å². The molecule has 21 heavy (non-hydrogen) atoms. The molecule has 1 aromatic carbocycles. The van der Waals surface area contributed by atoms with Gasteiger partial charge in [-0.2, -0.15) is 5.10 Å². The first kappa shape index (κ1) is 13.8. The molecule has 5 nitrogen and oxygen atoms in total. The van der Waals surface area contributed by atoms with Crippen molar-refractivity contribution < 1.29 is 9.59 Å². The average Bonchev–Trinajstić information content (AvgIpc) is 3.00. The van der Waals surface area contributed by atoms with Crippen molar-refractivity contribution in [1.82, 2.24) is 9.78 Å². The molecule has 1 amide bonds. The molecular weight excluding hydrogens is 290 g/mol. The molecule has 1 aliphatic rings. The fourth-order valence-corrected chi connectivity index (χ4v) is 2.65. The van der Waals surface area contributed by atoms with Crippen LogP contribution in [-0.2, 0) is 11.3 Å². The molecule has 0 unspecified atom stereocenters. The second-order valence-corrected chi connectivity index (χ2v) is 5.64. The minimum atomic E-state index is -0.558. The quantitative estimate of drug-likeness (QED) is 0.819. The number of carbonyl (C=O) groups excluding carboxylic acids is 2. The lowest BCUT2D eigenvalue weighted by Gasteiger charge is -2.16. The van der Waals surface area contributed by atoms with Gasteiger partial charge in [-0.1, -0.05) is 17.7 Å². The van der Waals surface area contributed by atoms with E-state index in [0.717, 1.165) is 5.69 Å². The molecule has 0 spiro atoms. The van der Waals surface area contributed by atoms with Crippen LogP contribution in [0.15, 0.2) is 30.5 Å². The van der Waals surface area contributed by atoms with Crippen molar-refractivity contribution in [2.75, 3.05) is 4.90 Å². The van der Waals surface area contributed by atoms with Crippen LogP contribution in [-0.4, -0.2) is 21.5 Å². The monoisotopic (exact) mass is 303 g/mol. The van der Waals surface area contributed by atoms with Gasteiger partial charge in [0, 0.05) is 12.2 Å². The van der Waals surface area contributed by atoms with E-state index in [4.69, 9.17) is 11.6 Å². The van der Waals surface area contributed by atoms with E-state index < -0.39 is 11.7 Å². The number of halogens is 1. The summed E-state index contributed by atoms with van der Waals surface area (Å²) in [6.07, 6.45) is 1.86. The van der Waals surface area contributed by atoms with Gasteiger partial charge in [0.1, 0.15) is 0 Å². The fourth-order valence-electron chi connectivity index (χ4n) is 2.37. The highest BCUT2D eigenvalue weighted by Gasteiger charge is 2.37. The Hall–Kier alpha value is -2.14. The Morgan fingerprint density at radius 1 is 1.24 bits per heavy atom. The number of para-hydroxylation sites is 1. The van der Waals surface area contributed by atoms with Gasteiger partial charge >= 0.3 is 0 Å². The van der Waals surface area contributed by atoms with E-state index in [2.05, 4.69) is 5.10 Å². The van der Waals surface area contributed by atoms with Crippen molar-refractivity contribution in [3.05, 3.63) is 46.7 Å². The predicted octanol–water partition coefficient (Wildman–Crippen LogP) is 2.85. The Kier molecular flexibility index (Phi) is 3.29. The van der Waals surface area contributed by atoms with Crippen molar-refractivity contribution in [3.63, 3.8) is 0 Å². The van der Waals surface area contributed by atoms with Crippen molar-refractivity contribution >= 4 is 29.0 Å². The van der Waals surface area contributed by atoms with Crippen molar-refractivity contribution in [2.24, 2.45) is 0 Å². The Balaban J connectivity index is 1.96. The van der Waals surface area contributed by atoms with Gasteiger partial charge in [0.15, 0.2) is 0 Å².